The number of nitrogens with one attached hydrogen (secondary N) is 1. The first-order chi connectivity index (χ1) is 13.3. The minimum Gasteiger partial charge on any atom is -0.448 e. The van der Waals surface area contributed by atoms with Gasteiger partial charge in [0.15, 0.2) is 6.10 Å². The largest absolute Gasteiger partial charge is 0.448 e. The van der Waals surface area contributed by atoms with Crippen LogP contribution in [0.2, 0.25) is 0 Å². The smallest absolute Gasteiger partial charge is 0.349 e. The lowest BCUT2D eigenvalue weighted by atomic mass is 10.0. The highest BCUT2D eigenvalue weighted by molar-refractivity contribution is 6.01. The van der Waals surface area contributed by atoms with Crippen LogP contribution in [0.4, 0.5) is 10.1 Å². The van der Waals surface area contributed by atoms with E-state index in [0.29, 0.717) is 11.5 Å². The number of rotatable bonds is 6. The summed E-state index contributed by atoms with van der Waals surface area (Å²) < 4.78 is 18.2. The van der Waals surface area contributed by atoms with Gasteiger partial charge in [0, 0.05) is 5.69 Å². The standard InChI is InChI=1S/C22H21FN2O3/c1-14(2)17-9-7-16(8-10-17)11-18(13-24)22(27)28-15(3)21(26)25-20-6-4-5-19(23)12-20/h4-12,14-15H,1-3H3,(H,25,26)/b18-11+/t15-/m0/s1. The van der Waals surface area contributed by atoms with Gasteiger partial charge < -0.3 is 10.1 Å². The van der Waals surface area contributed by atoms with Crippen LogP contribution in [0.25, 0.3) is 6.08 Å². The van der Waals surface area contributed by atoms with Gasteiger partial charge >= 0.3 is 5.97 Å². The lowest BCUT2D eigenvalue weighted by Gasteiger charge is -2.13. The van der Waals surface area contributed by atoms with Gasteiger partial charge in [0.1, 0.15) is 17.5 Å². The molecule has 0 unspecified atom stereocenters. The molecule has 0 saturated carbocycles. The Morgan fingerprint density at radius 2 is 1.82 bits per heavy atom. The van der Waals surface area contributed by atoms with Crippen molar-refractivity contribution in [2.24, 2.45) is 0 Å². The molecule has 1 N–H and O–H groups in total. The van der Waals surface area contributed by atoms with Gasteiger partial charge in [-0.05, 0) is 48.2 Å². The summed E-state index contributed by atoms with van der Waals surface area (Å²) in [6, 6.07) is 14.6. The Labute approximate surface area is 163 Å². The molecule has 0 bridgehead atoms. The highest BCUT2D eigenvalue weighted by Crippen LogP contribution is 2.17. The van der Waals surface area contributed by atoms with Crippen molar-refractivity contribution in [1.82, 2.24) is 0 Å². The molecule has 0 aromatic heterocycles. The number of nitriles is 1. The van der Waals surface area contributed by atoms with E-state index in [-0.39, 0.29) is 11.3 Å². The number of hydrogen-bond acceptors (Lipinski definition) is 4. The fourth-order valence-electron chi connectivity index (χ4n) is 2.37. The molecule has 0 radical (unpaired) electrons. The molecule has 5 nitrogen and oxygen atoms in total. The fraction of sp³-hybridized carbons (Fsp3) is 0.227. The third-order valence-corrected chi connectivity index (χ3v) is 4.00. The number of carbonyl (C=O) groups is 2. The average molecular weight is 380 g/mol. The maximum atomic E-state index is 13.2. The zero-order valence-electron chi connectivity index (χ0n) is 15.9. The third kappa shape index (κ3) is 5.78. The van der Waals surface area contributed by atoms with Crippen LogP contribution >= 0.6 is 0 Å². The van der Waals surface area contributed by atoms with Gasteiger partial charge in [-0.25, -0.2) is 9.18 Å². The number of halogens is 1. The van der Waals surface area contributed by atoms with E-state index >= 15 is 0 Å². The molecule has 2 aromatic carbocycles. The summed E-state index contributed by atoms with van der Waals surface area (Å²) in [6.07, 6.45) is 0.250. The topological polar surface area (TPSA) is 79.2 Å². The SMILES string of the molecule is CC(C)c1ccc(/C=C(\C#N)C(=O)O[C@@H](C)C(=O)Nc2cccc(F)c2)cc1. The highest BCUT2D eigenvalue weighted by Gasteiger charge is 2.20. The predicted molar refractivity (Wildman–Crippen MR) is 105 cm³/mol. The molecule has 1 atom stereocenters. The van der Waals surface area contributed by atoms with E-state index < -0.39 is 23.8 Å². The van der Waals surface area contributed by atoms with Gasteiger partial charge in [-0.15, -0.1) is 0 Å². The lowest BCUT2D eigenvalue weighted by molar-refractivity contribution is -0.148. The zero-order chi connectivity index (χ0) is 20.7. The van der Waals surface area contributed by atoms with Crippen molar-refractivity contribution in [1.29, 1.82) is 5.26 Å². The van der Waals surface area contributed by atoms with E-state index in [1.54, 1.807) is 18.2 Å². The molecule has 144 valence electrons. The quantitative estimate of drug-likeness (QED) is 0.457. The number of anilines is 1. The monoisotopic (exact) mass is 380 g/mol. The van der Waals surface area contributed by atoms with Crippen LogP contribution in [0.3, 0.4) is 0 Å². The minimum atomic E-state index is -1.16. The van der Waals surface area contributed by atoms with E-state index in [1.165, 1.54) is 31.2 Å². The number of hydrogen-bond donors (Lipinski definition) is 1. The first-order valence-electron chi connectivity index (χ1n) is 8.79. The number of carbonyl (C=O) groups excluding carboxylic acids is 2. The number of amides is 1. The molecule has 6 heteroatoms. The van der Waals surface area contributed by atoms with Crippen molar-refractivity contribution in [2.45, 2.75) is 32.8 Å². The average Bonchev–Trinajstić information content (AvgIpc) is 2.66. The van der Waals surface area contributed by atoms with Crippen molar-refractivity contribution in [2.75, 3.05) is 5.32 Å². The van der Waals surface area contributed by atoms with Crippen molar-refractivity contribution < 1.29 is 18.7 Å². The number of ether oxygens (including phenoxy) is 1. The molecular weight excluding hydrogens is 359 g/mol. The van der Waals surface area contributed by atoms with Crippen LogP contribution in [0.5, 0.6) is 0 Å². The summed E-state index contributed by atoms with van der Waals surface area (Å²) in [6.45, 7) is 5.51. The van der Waals surface area contributed by atoms with Crippen molar-refractivity contribution in [3.05, 3.63) is 71.0 Å². The molecule has 0 aliphatic heterocycles. The van der Waals surface area contributed by atoms with Gasteiger partial charge in [-0.2, -0.15) is 5.26 Å². The Morgan fingerprint density at radius 3 is 2.39 bits per heavy atom. The molecule has 28 heavy (non-hydrogen) atoms. The first kappa shape index (κ1) is 20.8. The molecule has 0 aliphatic carbocycles. The molecule has 0 aliphatic rings. The molecule has 0 fully saturated rings. The second kappa shape index (κ2) is 9.47. The van der Waals surface area contributed by atoms with Crippen LogP contribution in [0.1, 0.15) is 37.8 Å². The summed E-state index contributed by atoms with van der Waals surface area (Å²) >= 11 is 0. The van der Waals surface area contributed by atoms with Crippen molar-refractivity contribution in [3.8, 4) is 6.07 Å². The van der Waals surface area contributed by atoms with E-state index in [0.717, 1.165) is 11.6 Å². The number of benzene rings is 2. The van der Waals surface area contributed by atoms with Crippen LogP contribution in [-0.4, -0.2) is 18.0 Å². The summed E-state index contributed by atoms with van der Waals surface area (Å²) in [4.78, 5) is 24.3. The van der Waals surface area contributed by atoms with E-state index in [9.17, 15) is 19.2 Å². The number of esters is 1. The summed E-state index contributed by atoms with van der Waals surface area (Å²) in [5, 5.41) is 11.7. The van der Waals surface area contributed by atoms with Crippen LogP contribution in [0.15, 0.2) is 54.1 Å². The van der Waals surface area contributed by atoms with Gasteiger partial charge in [0.05, 0.1) is 0 Å². The summed E-state index contributed by atoms with van der Waals surface area (Å²) in [7, 11) is 0. The van der Waals surface area contributed by atoms with E-state index in [1.807, 2.05) is 12.1 Å². The molecule has 0 saturated heterocycles. The Morgan fingerprint density at radius 1 is 1.14 bits per heavy atom. The molecule has 0 spiro atoms. The van der Waals surface area contributed by atoms with E-state index in [2.05, 4.69) is 19.2 Å². The van der Waals surface area contributed by atoms with Gasteiger partial charge in [0.25, 0.3) is 5.91 Å². The zero-order valence-corrected chi connectivity index (χ0v) is 15.9. The van der Waals surface area contributed by atoms with Crippen LogP contribution < -0.4 is 5.32 Å². The summed E-state index contributed by atoms with van der Waals surface area (Å²) in [5.41, 5.74) is 1.84. The second-order valence-corrected chi connectivity index (χ2v) is 6.54. The molecule has 2 rings (SSSR count). The Bertz CT molecular complexity index is 928. The Balaban J connectivity index is 2.04. The van der Waals surface area contributed by atoms with Crippen LogP contribution in [-0.2, 0) is 14.3 Å². The predicted octanol–water partition coefficient (Wildman–Crippen LogP) is 4.43. The first-order valence-corrected chi connectivity index (χ1v) is 8.79. The fourth-order valence-corrected chi connectivity index (χ4v) is 2.37. The minimum absolute atomic E-state index is 0.220. The second-order valence-electron chi connectivity index (χ2n) is 6.54. The molecule has 2 aromatic rings. The molecule has 1 amide bonds. The Kier molecular flexibility index (Phi) is 7.05. The molecule has 0 heterocycles. The van der Waals surface area contributed by atoms with Gasteiger partial charge in [-0.3, -0.25) is 4.79 Å². The van der Waals surface area contributed by atoms with Gasteiger partial charge in [0.2, 0.25) is 0 Å². The van der Waals surface area contributed by atoms with Gasteiger partial charge in [-0.1, -0.05) is 44.2 Å². The maximum Gasteiger partial charge on any atom is 0.349 e. The van der Waals surface area contributed by atoms with Crippen molar-refractivity contribution >= 4 is 23.6 Å². The lowest BCUT2D eigenvalue weighted by Crippen LogP contribution is -2.30. The van der Waals surface area contributed by atoms with Crippen LogP contribution in [0, 0.1) is 17.1 Å². The van der Waals surface area contributed by atoms with Crippen molar-refractivity contribution in [3.63, 3.8) is 0 Å². The highest BCUT2D eigenvalue weighted by atomic mass is 19.1. The summed E-state index contributed by atoms with van der Waals surface area (Å²) in [5.74, 6) is -1.66. The maximum absolute atomic E-state index is 13.2. The third-order valence-electron chi connectivity index (χ3n) is 4.00. The normalized spacial score (nSPS) is 12.2. The Hall–Kier alpha value is -3.46. The molecular formula is C22H21FN2O3. The number of nitrogens with zero attached hydrogens (tertiary/aromatic N) is 1. The van der Waals surface area contributed by atoms with E-state index in [4.69, 9.17) is 4.74 Å².